The molecular formula is C19H16F2O4. The van der Waals surface area contributed by atoms with Crippen LogP contribution in [-0.2, 0) is 11.2 Å². The largest absolute Gasteiger partial charge is 0.492 e. The number of fused-ring (bicyclic) bond motifs is 2. The van der Waals surface area contributed by atoms with Crippen molar-refractivity contribution in [3.05, 3.63) is 58.7 Å². The highest BCUT2D eigenvalue weighted by Gasteiger charge is 2.30. The topological polar surface area (TPSA) is 55.8 Å². The van der Waals surface area contributed by atoms with Crippen LogP contribution >= 0.6 is 0 Å². The number of carboxylic acid groups (broad SMARTS) is 1. The molecule has 4 nitrogen and oxygen atoms in total. The number of hydrogen-bond donors (Lipinski definition) is 1. The summed E-state index contributed by atoms with van der Waals surface area (Å²) in [4.78, 5) is 10.9. The average Bonchev–Trinajstić information content (AvgIpc) is 3.15. The lowest BCUT2D eigenvalue weighted by atomic mass is 9.98. The highest BCUT2D eigenvalue weighted by molar-refractivity contribution is 5.68. The summed E-state index contributed by atoms with van der Waals surface area (Å²) in [5, 5.41) is 8.94. The molecule has 25 heavy (non-hydrogen) atoms. The Balaban J connectivity index is 1.54. The van der Waals surface area contributed by atoms with Crippen molar-refractivity contribution in [3.63, 3.8) is 0 Å². The van der Waals surface area contributed by atoms with Crippen molar-refractivity contribution in [1.82, 2.24) is 0 Å². The summed E-state index contributed by atoms with van der Waals surface area (Å²) < 4.78 is 38.7. The van der Waals surface area contributed by atoms with E-state index in [1.54, 1.807) is 18.2 Å². The molecule has 0 saturated carbocycles. The smallest absolute Gasteiger partial charge is 0.304 e. The van der Waals surface area contributed by atoms with Crippen molar-refractivity contribution in [3.8, 4) is 11.5 Å². The molecule has 1 aliphatic heterocycles. The molecule has 0 bridgehead atoms. The van der Waals surface area contributed by atoms with Gasteiger partial charge >= 0.3 is 5.97 Å². The fraction of sp³-hybridized carbons (Fsp3) is 0.316. The Morgan fingerprint density at radius 2 is 2.04 bits per heavy atom. The molecule has 2 aromatic carbocycles. The van der Waals surface area contributed by atoms with Gasteiger partial charge in [-0.15, -0.1) is 0 Å². The number of benzene rings is 2. The summed E-state index contributed by atoms with van der Waals surface area (Å²) in [5.74, 6) is -1.47. The number of carbonyl (C=O) groups is 1. The monoisotopic (exact) mass is 346 g/mol. The zero-order valence-corrected chi connectivity index (χ0v) is 13.3. The van der Waals surface area contributed by atoms with E-state index in [0.29, 0.717) is 42.1 Å². The third kappa shape index (κ3) is 2.81. The second kappa shape index (κ2) is 6.02. The summed E-state index contributed by atoms with van der Waals surface area (Å²) >= 11 is 0. The molecule has 0 aromatic heterocycles. The first-order chi connectivity index (χ1) is 12.0. The van der Waals surface area contributed by atoms with E-state index in [1.807, 2.05) is 6.07 Å². The maximum atomic E-state index is 13.8. The minimum absolute atomic E-state index is 0.0219. The van der Waals surface area contributed by atoms with Crippen molar-refractivity contribution in [1.29, 1.82) is 0 Å². The molecule has 2 unspecified atom stereocenters. The van der Waals surface area contributed by atoms with E-state index in [0.717, 1.165) is 11.6 Å². The highest BCUT2D eigenvalue weighted by Crippen LogP contribution is 2.41. The van der Waals surface area contributed by atoms with Crippen LogP contribution in [0, 0.1) is 11.6 Å². The zero-order valence-electron chi connectivity index (χ0n) is 13.3. The number of halogens is 2. The van der Waals surface area contributed by atoms with Crippen LogP contribution in [0.2, 0.25) is 0 Å². The normalized spacial score (nSPS) is 20.7. The molecule has 0 radical (unpaired) electrons. The van der Waals surface area contributed by atoms with E-state index in [4.69, 9.17) is 14.6 Å². The van der Waals surface area contributed by atoms with Crippen LogP contribution in [0.3, 0.4) is 0 Å². The van der Waals surface area contributed by atoms with Crippen molar-refractivity contribution in [2.24, 2.45) is 0 Å². The van der Waals surface area contributed by atoms with E-state index in [-0.39, 0.29) is 18.4 Å². The first-order valence-corrected chi connectivity index (χ1v) is 8.15. The molecule has 0 amide bonds. The molecule has 2 aromatic rings. The minimum Gasteiger partial charge on any atom is -0.492 e. The van der Waals surface area contributed by atoms with Gasteiger partial charge in [-0.2, -0.15) is 0 Å². The molecule has 0 fully saturated rings. The Morgan fingerprint density at radius 3 is 2.84 bits per heavy atom. The third-order valence-corrected chi connectivity index (χ3v) is 4.80. The summed E-state index contributed by atoms with van der Waals surface area (Å²) in [6.45, 7) is 0.335. The van der Waals surface area contributed by atoms with Crippen LogP contribution in [0.25, 0.3) is 0 Å². The van der Waals surface area contributed by atoms with E-state index in [1.165, 1.54) is 0 Å². The van der Waals surface area contributed by atoms with Gasteiger partial charge in [0.25, 0.3) is 0 Å². The lowest BCUT2D eigenvalue weighted by Gasteiger charge is -2.16. The van der Waals surface area contributed by atoms with Crippen LogP contribution in [0.5, 0.6) is 11.5 Å². The number of aliphatic carboxylic acids is 1. The van der Waals surface area contributed by atoms with E-state index in [2.05, 4.69) is 0 Å². The van der Waals surface area contributed by atoms with Crippen molar-refractivity contribution in [2.45, 2.75) is 31.3 Å². The molecular weight excluding hydrogens is 330 g/mol. The first kappa shape index (κ1) is 15.9. The minimum atomic E-state index is -0.862. The van der Waals surface area contributed by atoms with Gasteiger partial charge < -0.3 is 14.6 Å². The summed E-state index contributed by atoms with van der Waals surface area (Å²) in [7, 11) is 0. The lowest BCUT2D eigenvalue weighted by molar-refractivity contribution is -0.137. The van der Waals surface area contributed by atoms with Gasteiger partial charge in [0.1, 0.15) is 17.6 Å². The Kier molecular flexibility index (Phi) is 3.82. The van der Waals surface area contributed by atoms with Gasteiger partial charge in [0.15, 0.2) is 11.6 Å². The fourth-order valence-electron chi connectivity index (χ4n) is 3.59. The van der Waals surface area contributed by atoms with Gasteiger partial charge in [-0.1, -0.05) is 12.1 Å². The average molecular weight is 346 g/mol. The van der Waals surface area contributed by atoms with E-state index < -0.39 is 17.6 Å². The van der Waals surface area contributed by atoms with Gasteiger partial charge in [-0.05, 0) is 36.1 Å². The number of rotatable bonds is 4. The number of carboxylic acids is 1. The van der Waals surface area contributed by atoms with E-state index in [9.17, 15) is 13.6 Å². The first-order valence-electron chi connectivity index (χ1n) is 8.15. The molecule has 130 valence electrons. The second-order valence-electron chi connectivity index (χ2n) is 6.38. The van der Waals surface area contributed by atoms with Crippen LogP contribution in [0.15, 0.2) is 30.3 Å². The fourth-order valence-corrected chi connectivity index (χ4v) is 3.59. The standard InChI is InChI=1S/C19H16F2O4/c20-15-5-3-13-14(19(15)21)4-6-16(13)25-11-1-2-12-10(7-18(22)23)9-24-17(12)8-11/h1-3,5,8,10,16H,4,6-7,9H2,(H,22,23). The predicted octanol–water partition coefficient (Wildman–Crippen LogP) is 3.98. The molecule has 6 heteroatoms. The second-order valence-corrected chi connectivity index (χ2v) is 6.38. The third-order valence-electron chi connectivity index (χ3n) is 4.80. The number of hydrogen-bond acceptors (Lipinski definition) is 3. The van der Waals surface area contributed by atoms with Crippen LogP contribution in [0.1, 0.15) is 41.6 Å². The van der Waals surface area contributed by atoms with Crippen molar-refractivity contribution >= 4 is 5.97 Å². The van der Waals surface area contributed by atoms with Gasteiger partial charge in [-0.25, -0.2) is 8.78 Å². The Hall–Kier alpha value is -2.63. The van der Waals surface area contributed by atoms with Gasteiger partial charge in [0.05, 0.1) is 13.0 Å². The molecule has 0 saturated heterocycles. The Morgan fingerprint density at radius 1 is 1.24 bits per heavy atom. The lowest BCUT2D eigenvalue weighted by Crippen LogP contribution is -2.07. The van der Waals surface area contributed by atoms with Gasteiger partial charge in [0, 0.05) is 17.5 Å². The van der Waals surface area contributed by atoms with Crippen LogP contribution in [-0.4, -0.2) is 17.7 Å². The highest BCUT2D eigenvalue weighted by atomic mass is 19.2. The molecule has 2 atom stereocenters. The summed E-state index contributed by atoms with van der Waals surface area (Å²) in [6.07, 6.45) is 0.703. The maximum Gasteiger partial charge on any atom is 0.304 e. The molecule has 0 spiro atoms. The maximum absolute atomic E-state index is 13.8. The number of ether oxygens (including phenoxy) is 2. The summed E-state index contributed by atoms with van der Waals surface area (Å²) in [6, 6.07) is 8.00. The van der Waals surface area contributed by atoms with Gasteiger partial charge in [-0.3, -0.25) is 4.79 Å². The molecule has 1 aliphatic carbocycles. The quantitative estimate of drug-likeness (QED) is 0.910. The molecule has 2 aliphatic rings. The Labute approximate surface area is 143 Å². The van der Waals surface area contributed by atoms with Crippen LogP contribution in [0.4, 0.5) is 8.78 Å². The van der Waals surface area contributed by atoms with E-state index >= 15 is 0 Å². The van der Waals surface area contributed by atoms with Crippen molar-refractivity contribution in [2.75, 3.05) is 6.61 Å². The molecule has 1 N–H and O–H groups in total. The molecule has 1 heterocycles. The zero-order chi connectivity index (χ0) is 17.6. The SMILES string of the molecule is O=C(O)CC1COc2cc(OC3CCc4c3ccc(F)c4F)ccc21. The summed E-state index contributed by atoms with van der Waals surface area (Å²) in [5.41, 5.74) is 1.91. The molecule has 4 rings (SSSR count). The predicted molar refractivity (Wildman–Crippen MR) is 85.0 cm³/mol. The van der Waals surface area contributed by atoms with Gasteiger partial charge in [0.2, 0.25) is 0 Å². The van der Waals surface area contributed by atoms with Crippen LogP contribution < -0.4 is 9.47 Å². The van der Waals surface area contributed by atoms with Crippen molar-refractivity contribution < 1.29 is 28.2 Å². The Bertz CT molecular complexity index is 850.